The predicted molar refractivity (Wildman–Crippen MR) is 81.2 cm³/mol. The van der Waals surface area contributed by atoms with E-state index >= 15 is 0 Å². The third-order valence-electron chi connectivity index (χ3n) is 3.90. The van der Waals surface area contributed by atoms with Gasteiger partial charge in [-0.05, 0) is 42.3 Å². The first-order valence-corrected chi connectivity index (χ1v) is 7.17. The molecule has 1 nitrogen and oxygen atoms in total. The normalized spacial score (nSPS) is 21.4. The minimum absolute atomic E-state index is 0.346. The second-order valence-corrected chi connectivity index (χ2v) is 5.77. The molecule has 0 bridgehead atoms. The van der Waals surface area contributed by atoms with Gasteiger partial charge in [0, 0.05) is 22.0 Å². The first-order valence-electron chi connectivity index (χ1n) is 6.41. The Morgan fingerprint density at radius 1 is 1.00 bits per heavy atom. The second kappa shape index (κ2) is 5.16. The number of rotatable bonds is 2. The SMILES string of the molecule is CN[C@@H]1C[C@@H](c2ccc(Cl)cc2Cl)c2ccccc21. The van der Waals surface area contributed by atoms with Gasteiger partial charge in [0.25, 0.3) is 0 Å². The molecule has 3 heteroatoms. The highest BCUT2D eigenvalue weighted by molar-refractivity contribution is 6.35. The van der Waals surface area contributed by atoms with Gasteiger partial charge in [0.2, 0.25) is 0 Å². The largest absolute Gasteiger partial charge is 0.313 e. The van der Waals surface area contributed by atoms with Crippen LogP contribution >= 0.6 is 23.2 Å². The highest BCUT2D eigenvalue weighted by atomic mass is 35.5. The van der Waals surface area contributed by atoms with Gasteiger partial charge in [-0.2, -0.15) is 0 Å². The van der Waals surface area contributed by atoms with Crippen LogP contribution in [0.1, 0.15) is 35.1 Å². The van der Waals surface area contributed by atoms with Crippen molar-refractivity contribution in [2.24, 2.45) is 0 Å². The smallest absolute Gasteiger partial charge is 0.0459 e. The summed E-state index contributed by atoms with van der Waals surface area (Å²) in [5.74, 6) is 0.346. The minimum atomic E-state index is 0.346. The molecule has 19 heavy (non-hydrogen) atoms. The van der Waals surface area contributed by atoms with E-state index in [0.29, 0.717) is 17.0 Å². The van der Waals surface area contributed by atoms with Crippen LogP contribution in [0.4, 0.5) is 0 Å². The standard InChI is InChI=1S/C16H15Cl2N/c1-19-16-9-14(11-4-2-3-5-13(11)16)12-7-6-10(17)8-15(12)18/h2-8,14,16,19H,9H2,1H3/t14-,16-/m1/s1. The van der Waals surface area contributed by atoms with Crippen molar-refractivity contribution in [2.45, 2.75) is 18.4 Å². The molecule has 1 aliphatic rings. The molecule has 2 aromatic carbocycles. The lowest BCUT2D eigenvalue weighted by molar-refractivity contribution is 0.564. The van der Waals surface area contributed by atoms with Crippen LogP contribution < -0.4 is 5.32 Å². The van der Waals surface area contributed by atoms with E-state index in [1.807, 2.05) is 25.2 Å². The van der Waals surface area contributed by atoms with Crippen LogP contribution in [0.5, 0.6) is 0 Å². The highest BCUT2D eigenvalue weighted by Gasteiger charge is 2.31. The third-order valence-corrected chi connectivity index (χ3v) is 4.47. The Bertz CT molecular complexity index is 609. The van der Waals surface area contributed by atoms with Crippen LogP contribution in [-0.4, -0.2) is 7.05 Å². The van der Waals surface area contributed by atoms with Crippen molar-refractivity contribution in [3.05, 3.63) is 69.2 Å². The average molecular weight is 292 g/mol. The van der Waals surface area contributed by atoms with Crippen LogP contribution in [0.3, 0.4) is 0 Å². The Morgan fingerprint density at radius 2 is 1.74 bits per heavy atom. The van der Waals surface area contributed by atoms with E-state index in [9.17, 15) is 0 Å². The van der Waals surface area contributed by atoms with E-state index < -0.39 is 0 Å². The Balaban J connectivity index is 2.08. The van der Waals surface area contributed by atoms with E-state index in [4.69, 9.17) is 23.2 Å². The lowest BCUT2D eigenvalue weighted by Crippen LogP contribution is -2.13. The van der Waals surface area contributed by atoms with E-state index in [0.717, 1.165) is 17.0 Å². The molecule has 1 aliphatic carbocycles. The summed E-state index contributed by atoms with van der Waals surface area (Å²) in [5, 5.41) is 4.82. The first kappa shape index (κ1) is 13.0. The number of halogens is 2. The van der Waals surface area contributed by atoms with Crippen LogP contribution in [0, 0.1) is 0 Å². The molecule has 0 amide bonds. The maximum absolute atomic E-state index is 6.36. The maximum atomic E-state index is 6.36. The Morgan fingerprint density at radius 3 is 2.42 bits per heavy atom. The van der Waals surface area contributed by atoms with E-state index in [2.05, 4.69) is 29.6 Å². The van der Waals surface area contributed by atoms with Crippen molar-refractivity contribution in [3.8, 4) is 0 Å². The quantitative estimate of drug-likeness (QED) is 0.839. The van der Waals surface area contributed by atoms with Gasteiger partial charge in [-0.15, -0.1) is 0 Å². The van der Waals surface area contributed by atoms with Gasteiger partial charge in [0.05, 0.1) is 0 Å². The fourth-order valence-electron chi connectivity index (χ4n) is 2.99. The minimum Gasteiger partial charge on any atom is -0.313 e. The van der Waals surface area contributed by atoms with Gasteiger partial charge in [-0.3, -0.25) is 0 Å². The van der Waals surface area contributed by atoms with Crippen LogP contribution in [0.15, 0.2) is 42.5 Å². The summed E-state index contributed by atoms with van der Waals surface area (Å²) in [5.41, 5.74) is 3.91. The fraction of sp³-hybridized carbons (Fsp3) is 0.250. The van der Waals surface area contributed by atoms with Gasteiger partial charge < -0.3 is 5.32 Å². The zero-order chi connectivity index (χ0) is 13.4. The fourth-order valence-corrected chi connectivity index (χ4v) is 3.53. The second-order valence-electron chi connectivity index (χ2n) is 4.92. The summed E-state index contributed by atoms with van der Waals surface area (Å²) >= 11 is 12.3. The molecule has 2 aromatic rings. The monoisotopic (exact) mass is 291 g/mol. The van der Waals surface area contributed by atoms with Crippen LogP contribution in [0.25, 0.3) is 0 Å². The average Bonchev–Trinajstić information content (AvgIpc) is 2.78. The van der Waals surface area contributed by atoms with Gasteiger partial charge in [-0.1, -0.05) is 53.5 Å². The lowest BCUT2D eigenvalue weighted by Gasteiger charge is -2.14. The molecule has 0 heterocycles. The van der Waals surface area contributed by atoms with Crippen molar-refractivity contribution in [1.82, 2.24) is 5.32 Å². The van der Waals surface area contributed by atoms with E-state index in [-0.39, 0.29) is 0 Å². The van der Waals surface area contributed by atoms with Gasteiger partial charge >= 0.3 is 0 Å². The molecule has 0 unspecified atom stereocenters. The zero-order valence-corrected chi connectivity index (χ0v) is 12.2. The Labute approximate surface area is 123 Å². The number of hydrogen-bond acceptors (Lipinski definition) is 1. The first-order chi connectivity index (χ1) is 9.20. The summed E-state index contributed by atoms with van der Waals surface area (Å²) in [6.07, 6.45) is 1.04. The molecular weight excluding hydrogens is 277 g/mol. The van der Waals surface area contributed by atoms with E-state index in [1.54, 1.807) is 0 Å². The molecule has 0 radical (unpaired) electrons. The maximum Gasteiger partial charge on any atom is 0.0459 e. The topological polar surface area (TPSA) is 12.0 Å². The highest BCUT2D eigenvalue weighted by Crippen LogP contribution is 2.45. The molecule has 0 saturated carbocycles. The molecule has 0 fully saturated rings. The van der Waals surface area contributed by atoms with Crippen molar-refractivity contribution >= 4 is 23.2 Å². The number of fused-ring (bicyclic) bond motifs is 1. The van der Waals surface area contributed by atoms with Crippen LogP contribution in [0.2, 0.25) is 10.0 Å². The van der Waals surface area contributed by atoms with Crippen LogP contribution in [-0.2, 0) is 0 Å². The van der Waals surface area contributed by atoms with Crippen molar-refractivity contribution in [3.63, 3.8) is 0 Å². The summed E-state index contributed by atoms with van der Waals surface area (Å²) in [7, 11) is 2.01. The summed E-state index contributed by atoms with van der Waals surface area (Å²) in [4.78, 5) is 0. The third kappa shape index (κ3) is 2.27. The van der Waals surface area contributed by atoms with Crippen molar-refractivity contribution < 1.29 is 0 Å². The van der Waals surface area contributed by atoms with Gasteiger partial charge in [0.1, 0.15) is 0 Å². The molecule has 0 aromatic heterocycles. The Hall–Kier alpha value is -1.02. The van der Waals surface area contributed by atoms with Crippen molar-refractivity contribution in [2.75, 3.05) is 7.05 Å². The molecule has 0 saturated heterocycles. The zero-order valence-electron chi connectivity index (χ0n) is 10.7. The van der Waals surface area contributed by atoms with E-state index in [1.165, 1.54) is 11.1 Å². The van der Waals surface area contributed by atoms with Gasteiger partial charge in [-0.25, -0.2) is 0 Å². The lowest BCUT2D eigenvalue weighted by atomic mass is 9.93. The molecular formula is C16H15Cl2N. The molecule has 0 aliphatic heterocycles. The molecule has 1 N–H and O–H groups in total. The summed E-state index contributed by atoms with van der Waals surface area (Å²) in [6.45, 7) is 0. The summed E-state index contributed by atoms with van der Waals surface area (Å²) in [6, 6.07) is 14.8. The molecule has 3 rings (SSSR count). The number of hydrogen-bond donors (Lipinski definition) is 1. The number of nitrogens with one attached hydrogen (secondary N) is 1. The van der Waals surface area contributed by atoms with Crippen molar-refractivity contribution in [1.29, 1.82) is 0 Å². The molecule has 0 spiro atoms. The Kier molecular flexibility index (Phi) is 3.53. The number of benzene rings is 2. The van der Waals surface area contributed by atoms with Gasteiger partial charge in [0.15, 0.2) is 0 Å². The molecule has 98 valence electrons. The molecule has 2 atom stereocenters. The predicted octanol–water partition coefficient (Wildman–Crippen LogP) is 4.79. The summed E-state index contributed by atoms with van der Waals surface area (Å²) < 4.78 is 0.